The molecule has 0 amide bonds. The molecule has 0 unspecified atom stereocenters. The van der Waals surface area contributed by atoms with Gasteiger partial charge in [-0.2, -0.15) is 0 Å². The normalized spacial score (nSPS) is 11.0. The van der Waals surface area contributed by atoms with E-state index in [0.717, 1.165) is 15.6 Å². The van der Waals surface area contributed by atoms with Crippen molar-refractivity contribution in [3.8, 4) is 10.6 Å². The molecule has 1 aromatic heterocycles. The summed E-state index contributed by atoms with van der Waals surface area (Å²) in [5.41, 5.74) is 1.62. The van der Waals surface area contributed by atoms with E-state index in [0.29, 0.717) is 18.2 Å². The molecule has 0 aliphatic rings. The summed E-state index contributed by atoms with van der Waals surface area (Å²) in [4.78, 5) is 10.4. The first-order chi connectivity index (χ1) is 9.47. The Balaban J connectivity index is 2.20. The van der Waals surface area contributed by atoms with Crippen LogP contribution in [0.15, 0.2) is 18.2 Å². The van der Waals surface area contributed by atoms with Crippen molar-refractivity contribution < 1.29 is 4.92 Å². The minimum atomic E-state index is -0.378. The molecule has 0 radical (unpaired) electrons. The molecule has 0 aliphatic heterocycles. The van der Waals surface area contributed by atoms with E-state index in [9.17, 15) is 10.1 Å². The maximum Gasteiger partial charge on any atom is 0.272 e. The molecule has 1 N–H and O–H groups in total. The standard InChI is InChI=1S/C13H16N4O2S/c1-8(2)14-7-12-15-16-13(20-12)10-4-5-11(17(18)19)9(3)6-10/h4-6,8,14H,7H2,1-3H3. The molecule has 1 aromatic carbocycles. The molecule has 0 saturated heterocycles. The van der Waals surface area contributed by atoms with Gasteiger partial charge in [0.15, 0.2) is 0 Å². The second-order valence-electron chi connectivity index (χ2n) is 4.79. The van der Waals surface area contributed by atoms with E-state index in [1.54, 1.807) is 19.1 Å². The van der Waals surface area contributed by atoms with Crippen LogP contribution in [0, 0.1) is 17.0 Å². The third-order valence-electron chi connectivity index (χ3n) is 2.77. The topological polar surface area (TPSA) is 81.0 Å². The Hall–Kier alpha value is -1.86. The van der Waals surface area contributed by atoms with E-state index in [1.807, 2.05) is 0 Å². The third kappa shape index (κ3) is 3.37. The number of hydrogen-bond donors (Lipinski definition) is 1. The summed E-state index contributed by atoms with van der Waals surface area (Å²) in [5, 5.41) is 24.0. The van der Waals surface area contributed by atoms with Crippen LogP contribution >= 0.6 is 11.3 Å². The Labute approximate surface area is 121 Å². The van der Waals surface area contributed by atoms with Crippen molar-refractivity contribution in [1.29, 1.82) is 0 Å². The molecule has 1 heterocycles. The van der Waals surface area contributed by atoms with Gasteiger partial charge in [0.25, 0.3) is 5.69 Å². The van der Waals surface area contributed by atoms with Gasteiger partial charge >= 0.3 is 0 Å². The van der Waals surface area contributed by atoms with Gasteiger partial charge in [0, 0.05) is 29.8 Å². The Morgan fingerprint density at radius 3 is 2.75 bits per heavy atom. The number of benzene rings is 1. The monoisotopic (exact) mass is 292 g/mol. The number of nitrogens with zero attached hydrogens (tertiary/aromatic N) is 3. The van der Waals surface area contributed by atoms with Crippen LogP contribution in [-0.4, -0.2) is 21.2 Å². The van der Waals surface area contributed by atoms with Crippen molar-refractivity contribution in [3.63, 3.8) is 0 Å². The van der Waals surface area contributed by atoms with E-state index in [2.05, 4.69) is 29.4 Å². The summed E-state index contributed by atoms with van der Waals surface area (Å²) in [6.07, 6.45) is 0. The molecule has 2 rings (SSSR count). The lowest BCUT2D eigenvalue weighted by Gasteiger charge is -2.03. The van der Waals surface area contributed by atoms with Crippen molar-refractivity contribution in [2.24, 2.45) is 0 Å². The van der Waals surface area contributed by atoms with E-state index >= 15 is 0 Å². The van der Waals surface area contributed by atoms with Crippen LogP contribution < -0.4 is 5.32 Å². The summed E-state index contributed by atoms with van der Waals surface area (Å²) in [5.74, 6) is 0. The summed E-state index contributed by atoms with van der Waals surface area (Å²) in [7, 11) is 0. The predicted molar refractivity (Wildman–Crippen MR) is 78.7 cm³/mol. The van der Waals surface area contributed by atoms with Crippen molar-refractivity contribution in [2.45, 2.75) is 33.4 Å². The van der Waals surface area contributed by atoms with Crippen LogP contribution in [0.1, 0.15) is 24.4 Å². The van der Waals surface area contributed by atoms with Crippen molar-refractivity contribution in [2.75, 3.05) is 0 Å². The first kappa shape index (κ1) is 14.5. The Kier molecular flexibility index (Phi) is 4.41. The highest BCUT2D eigenvalue weighted by molar-refractivity contribution is 7.14. The average molecular weight is 292 g/mol. The molecular formula is C13H16N4O2S. The zero-order valence-electron chi connectivity index (χ0n) is 11.6. The number of aryl methyl sites for hydroxylation is 1. The van der Waals surface area contributed by atoms with E-state index < -0.39 is 0 Å². The summed E-state index contributed by atoms with van der Waals surface area (Å²) in [6.45, 7) is 6.55. The highest BCUT2D eigenvalue weighted by atomic mass is 32.1. The largest absolute Gasteiger partial charge is 0.308 e. The SMILES string of the molecule is Cc1cc(-c2nnc(CNC(C)C)s2)ccc1[N+](=O)[O-]. The van der Waals surface area contributed by atoms with Gasteiger partial charge < -0.3 is 5.32 Å². The molecule has 0 saturated carbocycles. The first-order valence-electron chi connectivity index (χ1n) is 6.28. The molecule has 0 bridgehead atoms. The molecule has 2 aromatic rings. The molecule has 0 aliphatic carbocycles. The van der Waals surface area contributed by atoms with Crippen LogP contribution in [0.25, 0.3) is 10.6 Å². The fourth-order valence-corrected chi connectivity index (χ4v) is 2.51. The maximum atomic E-state index is 10.8. The smallest absolute Gasteiger partial charge is 0.272 e. The maximum absolute atomic E-state index is 10.8. The molecule has 0 fully saturated rings. The quantitative estimate of drug-likeness (QED) is 0.677. The van der Waals surface area contributed by atoms with Gasteiger partial charge in [0.2, 0.25) is 0 Å². The number of hydrogen-bond acceptors (Lipinski definition) is 6. The fraction of sp³-hybridized carbons (Fsp3) is 0.385. The summed E-state index contributed by atoms with van der Waals surface area (Å²) < 4.78 is 0. The second kappa shape index (κ2) is 6.06. The fourth-order valence-electron chi connectivity index (χ4n) is 1.73. The van der Waals surface area contributed by atoms with Crippen LogP contribution in [0.4, 0.5) is 5.69 Å². The van der Waals surface area contributed by atoms with E-state index in [1.165, 1.54) is 17.4 Å². The summed E-state index contributed by atoms with van der Waals surface area (Å²) >= 11 is 1.50. The zero-order chi connectivity index (χ0) is 14.7. The predicted octanol–water partition coefficient (Wildman–Crippen LogP) is 2.92. The lowest BCUT2D eigenvalue weighted by molar-refractivity contribution is -0.385. The lowest BCUT2D eigenvalue weighted by Crippen LogP contribution is -2.21. The summed E-state index contributed by atoms with van der Waals surface area (Å²) in [6, 6.07) is 5.39. The van der Waals surface area contributed by atoms with Gasteiger partial charge in [0.1, 0.15) is 10.0 Å². The molecule has 106 valence electrons. The lowest BCUT2D eigenvalue weighted by atomic mass is 10.1. The molecule has 0 atom stereocenters. The van der Waals surface area contributed by atoms with Crippen LogP contribution in [-0.2, 0) is 6.54 Å². The first-order valence-corrected chi connectivity index (χ1v) is 7.10. The number of nitro benzene ring substituents is 1. The van der Waals surface area contributed by atoms with Gasteiger partial charge in [-0.1, -0.05) is 25.2 Å². The van der Waals surface area contributed by atoms with Gasteiger partial charge in [-0.05, 0) is 19.1 Å². The molecular weight excluding hydrogens is 276 g/mol. The number of nitro groups is 1. The third-order valence-corrected chi connectivity index (χ3v) is 3.74. The van der Waals surface area contributed by atoms with Crippen LogP contribution in [0.5, 0.6) is 0 Å². The highest BCUT2D eigenvalue weighted by Gasteiger charge is 2.13. The zero-order valence-corrected chi connectivity index (χ0v) is 12.4. The van der Waals surface area contributed by atoms with Crippen LogP contribution in [0.2, 0.25) is 0 Å². The molecule has 0 spiro atoms. The molecule has 6 nitrogen and oxygen atoms in total. The van der Waals surface area contributed by atoms with Crippen molar-refractivity contribution in [3.05, 3.63) is 38.9 Å². The average Bonchev–Trinajstić information content (AvgIpc) is 2.84. The van der Waals surface area contributed by atoms with Crippen molar-refractivity contribution >= 4 is 17.0 Å². The molecule has 7 heteroatoms. The number of nitrogens with one attached hydrogen (secondary N) is 1. The number of rotatable bonds is 5. The minimum Gasteiger partial charge on any atom is -0.308 e. The molecule has 20 heavy (non-hydrogen) atoms. The van der Waals surface area contributed by atoms with Crippen molar-refractivity contribution in [1.82, 2.24) is 15.5 Å². The second-order valence-corrected chi connectivity index (χ2v) is 5.86. The minimum absolute atomic E-state index is 0.125. The number of aromatic nitrogens is 2. The van der Waals surface area contributed by atoms with Gasteiger partial charge in [-0.3, -0.25) is 10.1 Å². The van der Waals surface area contributed by atoms with E-state index in [4.69, 9.17) is 0 Å². The highest BCUT2D eigenvalue weighted by Crippen LogP contribution is 2.28. The van der Waals surface area contributed by atoms with Gasteiger partial charge in [-0.15, -0.1) is 10.2 Å². The van der Waals surface area contributed by atoms with Gasteiger partial charge in [-0.25, -0.2) is 0 Å². The van der Waals surface area contributed by atoms with Crippen LogP contribution in [0.3, 0.4) is 0 Å². The van der Waals surface area contributed by atoms with E-state index in [-0.39, 0.29) is 10.6 Å². The Morgan fingerprint density at radius 1 is 1.40 bits per heavy atom. The Bertz CT molecular complexity index is 625. The Morgan fingerprint density at radius 2 is 2.15 bits per heavy atom. The van der Waals surface area contributed by atoms with Gasteiger partial charge in [0.05, 0.1) is 4.92 Å².